The van der Waals surface area contributed by atoms with Gasteiger partial charge in [-0.1, -0.05) is 19.9 Å². The van der Waals surface area contributed by atoms with Crippen molar-refractivity contribution in [3.63, 3.8) is 0 Å². The van der Waals surface area contributed by atoms with E-state index in [0.29, 0.717) is 10.8 Å². The Balaban J connectivity index is 1.62. The minimum atomic E-state index is 0.108. The highest BCUT2D eigenvalue weighted by Crippen LogP contribution is 2.26. The van der Waals surface area contributed by atoms with Gasteiger partial charge in [0.1, 0.15) is 9.88 Å². The SMILES string of the molecule is CCN(CC)CC1CCN(C(=O)c2cnc(-c3ccccn3)s2)C1. The predicted octanol–water partition coefficient (Wildman–Crippen LogP) is 3.01. The topological polar surface area (TPSA) is 49.3 Å². The molecular formula is C18H24N4OS. The first-order chi connectivity index (χ1) is 11.7. The smallest absolute Gasteiger partial charge is 0.265 e. The summed E-state index contributed by atoms with van der Waals surface area (Å²) in [5.41, 5.74) is 0.822. The lowest BCUT2D eigenvalue weighted by Gasteiger charge is -2.22. The number of thiazole rings is 1. The first-order valence-corrected chi connectivity index (χ1v) is 9.41. The fraction of sp³-hybridized carbons (Fsp3) is 0.500. The van der Waals surface area contributed by atoms with Crippen LogP contribution in [0.3, 0.4) is 0 Å². The van der Waals surface area contributed by atoms with Crippen LogP contribution >= 0.6 is 11.3 Å². The van der Waals surface area contributed by atoms with Gasteiger partial charge in [-0.25, -0.2) is 4.98 Å². The maximum atomic E-state index is 12.7. The molecule has 1 fully saturated rings. The Morgan fingerprint density at radius 3 is 2.88 bits per heavy atom. The third-order valence-electron chi connectivity index (χ3n) is 4.58. The predicted molar refractivity (Wildman–Crippen MR) is 97.1 cm³/mol. The van der Waals surface area contributed by atoms with Crippen molar-refractivity contribution < 1.29 is 4.79 Å². The molecule has 1 aliphatic heterocycles. The number of hydrogen-bond acceptors (Lipinski definition) is 5. The van der Waals surface area contributed by atoms with Crippen LogP contribution in [0.15, 0.2) is 30.6 Å². The van der Waals surface area contributed by atoms with Gasteiger partial charge < -0.3 is 9.80 Å². The minimum absolute atomic E-state index is 0.108. The molecule has 5 nitrogen and oxygen atoms in total. The molecular weight excluding hydrogens is 320 g/mol. The van der Waals surface area contributed by atoms with E-state index in [1.54, 1.807) is 12.4 Å². The van der Waals surface area contributed by atoms with Crippen LogP contribution in [-0.2, 0) is 0 Å². The van der Waals surface area contributed by atoms with Crippen molar-refractivity contribution in [1.82, 2.24) is 19.8 Å². The molecule has 128 valence electrons. The molecule has 0 radical (unpaired) electrons. The van der Waals surface area contributed by atoms with Crippen LogP contribution in [0.2, 0.25) is 0 Å². The number of pyridine rings is 1. The van der Waals surface area contributed by atoms with Gasteiger partial charge in [-0.3, -0.25) is 9.78 Å². The molecule has 0 aliphatic carbocycles. The first kappa shape index (κ1) is 17.0. The van der Waals surface area contributed by atoms with E-state index in [-0.39, 0.29) is 5.91 Å². The molecule has 0 saturated carbocycles. The number of aromatic nitrogens is 2. The molecule has 6 heteroatoms. The molecule has 0 spiro atoms. The lowest BCUT2D eigenvalue weighted by atomic mass is 10.1. The summed E-state index contributed by atoms with van der Waals surface area (Å²) in [6.45, 7) is 9.31. The molecule has 24 heavy (non-hydrogen) atoms. The molecule has 1 aliphatic rings. The van der Waals surface area contributed by atoms with Crippen LogP contribution in [0.5, 0.6) is 0 Å². The Labute approximate surface area is 147 Å². The van der Waals surface area contributed by atoms with Gasteiger partial charge in [0, 0.05) is 25.8 Å². The molecule has 1 unspecified atom stereocenters. The highest BCUT2D eigenvalue weighted by Gasteiger charge is 2.28. The van der Waals surface area contributed by atoms with Gasteiger partial charge >= 0.3 is 0 Å². The monoisotopic (exact) mass is 344 g/mol. The Kier molecular flexibility index (Phi) is 5.58. The number of amides is 1. The Morgan fingerprint density at radius 2 is 2.17 bits per heavy atom. The van der Waals surface area contributed by atoms with Crippen molar-refractivity contribution in [1.29, 1.82) is 0 Å². The van der Waals surface area contributed by atoms with E-state index in [1.165, 1.54) is 11.3 Å². The fourth-order valence-corrected chi connectivity index (χ4v) is 4.01. The molecule has 0 aromatic carbocycles. The number of carbonyl (C=O) groups is 1. The van der Waals surface area contributed by atoms with Gasteiger partial charge in [0.25, 0.3) is 5.91 Å². The van der Waals surface area contributed by atoms with Gasteiger partial charge in [-0.05, 0) is 37.6 Å². The summed E-state index contributed by atoms with van der Waals surface area (Å²) in [6, 6.07) is 5.73. The quantitative estimate of drug-likeness (QED) is 0.808. The maximum absolute atomic E-state index is 12.7. The average Bonchev–Trinajstić information content (AvgIpc) is 3.29. The highest BCUT2D eigenvalue weighted by atomic mass is 32.1. The fourth-order valence-electron chi connectivity index (χ4n) is 3.15. The van der Waals surface area contributed by atoms with Gasteiger partial charge in [-0.2, -0.15) is 0 Å². The number of rotatable bonds is 6. The van der Waals surface area contributed by atoms with E-state index in [2.05, 4.69) is 28.7 Å². The number of nitrogens with zero attached hydrogens (tertiary/aromatic N) is 4. The van der Waals surface area contributed by atoms with Gasteiger partial charge in [-0.15, -0.1) is 11.3 Å². The Morgan fingerprint density at radius 1 is 1.33 bits per heavy atom. The second-order valence-electron chi connectivity index (χ2n) is 6.14. The molecule has 2 aromatic rings. The summed E-state index contributed by atoms with van der Waals surface area (Å²) in [6.07, 6.45) is 4.53. The van der Waals surface area contributed by atoms with Crippen molar-refractivity contribution in [3.05, 3.63) is 35.5 Å². The molecule has 0 bridgehead atoms. The third kappa shape index (κ3) is 3.82. The van der Waals surface area contributed by atoms with Crippen LogP contribution in [0.25, 0.3) is 10.7 Å². The average molecular weight is 344 g/mol. The van der Waals surface area contributed by atoms with E-state index in [4.69, 9.17) is 0 Å². The van der Waals surface area contributed by atoms with Gasteiger partial charge in [0.2, 0.25) is 0 Å². The van der Waals surface area contributed by atoms with E-state index in [1.807, 2.05) is 23.1 Å². The number of hydrogen-bond donors (Lipinski definition) is 0. The van der Waals surface area contributed by atoms with E-state index >= 15 is 0 Å². The molecule has 0 N–H and O–H groups in total. The second kappa shape index (κ2) is 7.85. The van der Waals surface area contributed by atoms with E-state index < -0.39 is 0 Å². The maximum Gasteiger partial charge on any atom is 0.265 e. The lowest BCUT2D eigenvalue weighted by Crippen LogP contribution is -2.32. The molecule has 2 aromatic heterocycles. The zero-order valence-corrected chi connectivity index (χ0v) is 15.1. The van der Waals surface area contributed by atoms with Crippen molar-refractivity contribution in [2.75, 3.05) is 32.7 Å². The molecule has 1 amide bonds. The van der Waals surface area contributed by atoms with Crippen LogP contribution in [0, 0.1) is 5.92 Å². The second-order valence-corrected chi connectivity index (χ2v) is 7.17. The molecule has 1 saturated heterocycles. The standard InChI is InChI=1S/C18H24N4OS/c1-3-21(4-2)12-14-8-10-22(13-14)18(23)16-11-20-17(24-16)15-7-5-6-9-19-15/h5-7,9,11,14H,3-4,8,10,12-13H2,1-2H3. The highest BCUT2D eigenvalue weighted by molar-refractivity contribution is 7.16. The van der Waals surface area contributed by atoms with Crippen molar-refractivity contribution in [2.24, 2.45) is 5.92 Å². The molecule has 3 rings (SSSR count). The normalized spacial score (nSPS) is 17.6. The summed E-state index contributed by atoms with van der Waals surface area (Å²) >= 11 is 1.43. The third-order valence-corrected chi connectivity index (χ3v) is 5.59. The van der Waals surface area contributed by atoms with Crippen LogP contribution in [-0.4, -0.2) is 58.4 Å². The summed E-state index contributed by atoms with van der Waals surface area (Å²) in [5.74, 6) is 0.689. The summed E-state index contributed by atoms with van der Waals surface area (Å²) in [7, 11) is 0. The summed E-state index contributed by atoms with van der Waals surface area (Å²) in [4.78, 5) is 26.5. The number of carbonyl (C=O) groups excluding carboxylic acids is 1. The van der Waals surface area contributed by atoms with Crippen LogP contribution in [0.1, 0.15) is 29.9 Å². The minimum Gasteiger partial charge on any atom is -0.338 e. The van der Waals surface area contributed by atoms with Gasteiger partial charge in [0.15, 0.2) is 0 Å². The van der Waals surface area contributed by atoms with Crippen molar-refractivity contribution in [2.45, 2.75) is 20.3 Å². The Hall–Kier alpha value is -1.79. The van der Waals surface area contributed by atoms with Gasteiger partial charge in [0.05, 0.1) is 11.9 Å². The first-order valence-electron chi connectivity index (χ1n) is 8.60. The van der Waals surface area contributed by atoms with E-state index in [0.717, 1.165) is 49.8 Å². The number of likely N-dealkylation sites (tertiary alicyclic amines) is 1. The zero-order valence-electron chi connectivity index (χ0n) is 14.3. The van der Waals surface area contributed by atoms with Crippen molar-refractivity contribution >= 4 is 17.2 Å². The van der Waals surface area contributed by atoms with E-state index in [9.17, 15) is 4.79 Å². The molecule has 1 atom stereocenters. The lowest BCUT2D eigenvalue weighted by molar-refractivity contribution is 0.0788. The summed E-state index contributed by atoms with van der Waals surface area (Å²) < 4.78 is 0. The summed E-state index contributed by atoms with van der Waals surface area (Å²) in [5, 5.41) is 0.804. The Bertz CT molecular complexity index is 669. The van der Waals surface area contributed by atoms with Crippen molar-refractivity contribution in [3.8, 4) is 10.7 Å². The largest absolute Gasteiger partial charge is 0.338 e. The van der Waals surface area contributed by atoms with Crippen LogP contribution in [0.4, 0.5) is 0 Å². The molecule has 3 heterocycles. The zero-order chi connectivity index (χ0) is 16.9. The van der Waals surface area contributed by atoms with Crippen LogP contribution < -0.4 is 0 Å².